The molecule has 0 bridgehead atoms. The number of amides is 3. The summed E-state index contributed by atoms with van der Waals surface area (Å²) in [6, 6.07) is 12.2. The van der Waals surface area contributed by atoms with Crippen molar-refractivity contribution in [3.8, 4) is 0 Å². The second kappa shape index (κ2) is 8.52. The Hall–Kier alpha value is -3.11. The molecule has 3 amide bonds. The maximum Gasteiger partial charge on any atom is 0.287 e. The second-order valence-corrected chi connectivity index (χ2v) is 7.08. The average Bonchev–Trinajstić information content (AvgIpc) is 3.18. The summed E-state index contributed by atoms with van der Waals surface area (Å²) in [5, 5.41) is 14.8. The van der Waals surface area contributed by atoms with Gasteiger partial charge < -0.3 is 5.32 Å². The van der Waals surface area contributed by atoms with Crippen LogP contribution in [0.25, 0.3) is 0 Å². The molecule has 0 saturated heterocycles. The third-order valence-corrected chi connectivity index (χ3v) is 4.95. The molecule has 0 fully saturated rings. The Morgan fingerprint density at radius 3 is 2.67 bits per heavy atom. The van der Waals surface area contributed by atoms with Gasteiger partial charge in [-0.25, -0.2) is 4.99 Å². The van der Waals surface area contributed by atoms with Crippen LogP contribution in [0.1, 0.15) is 9.67 Å². The molecular weight excluding hydrogens is 386 g/mol. The summed E-state index contributed by atoms with van der Waals surface area (Å²) in [5.74, 6) is -2.00. The first-order valence-corrected chi connectivity index (χ1v) is 9.52. The molecule has 0 radical (unpaired) electrons. The van der Waals surface area contributed by atoms with Crippen LogP contribution in [0.3, 0.4) is 0 Å². The number of benzene rings is 1. The lowest BCUT2D eigenvalue weighted by Crippen LogP contribution is -2.43. The fourth-order valence-corrected chi connectivity index (χ4v) is 3.30. The molecular formula is C17H13N5O3S2. The smallest absolute Gasteiger partial charge is 0.287 e. The standard InChI is InChI=1S/C17H13N5O3S2/c18-14-13(20-15(24)11-7-4-8-26-11)16(25)22-17(21-14)27-9-12(23)19-10-5-2-1-3-6-10/h1-8H,9H2,(H,19,23)(H2,18,21,22,25). The van der Waals surface area contributed by atoms with E-state index in [0.717, 1.165) is 11.8 Å². The highest BCUT2D eigenvalue weighted by molar-refractivity contribution is 8.14. The lowest BCUT2D eigenvalue weighted by atomic mass is 10.3. The number of thiophene rings is 1. The minimum absolute atomic E-state index is 0.00187. The molecule has 2 heterocycles. The number of hydrogen-bond acceptors (Lipinski definition) is 6. The Balaban J connectivity index is 1.60. The average molecular weight is 399 g/mol. The molecule has 1 aliphatic heterocycles. The van der Waals surface area contributed by atoms with Gasteiger partial charge in [-0.2, -0.15) is 4.99 Å². The number of hydrogen-bond donors (Lipinski definition) is 3. The van der Waals surface area contributed by atoms with Crippen LogP contribution < -0.4 is 10.6 Å². The highest BCUT2D eigenvalue weighted by Gasteiger charge is 2.26. The van der Waals surface area contributed by atoms with E-state index < -0.39 is 17.6 Å². The van der Waals surface area contributed by atoms with Crippen molar-refractivity contribution in [2.45, 2.75) is 0 Å². The SMILES string of the molecule is N=C1N=C(SCC(=O)Nc2ccccc2)NC(=O)C1=NC(=O)c1cccs1. The number of para-hydroxylation sites is 1. The first-order chi connectivity index (χ1) is 13.0. The van der Waals surface area contributed by atoms with E-state index in [1.807, 2.05) is 6.07 Å². The fourth-order valence-electron chi connectivity index (χ4n) is 2.03. The van der Waals surface area contributed by atoms with Crippen LogP contribution in [-0.4, -0.2) is 40.2 Å². The van der Waals surface area contributed by atoms with Gasteiger partial charge in [-0.15, -0.1) is 11.3 Å². The third-order valence-electron chi connectivity index (χ3n) is 3.22. The van der Waals surface area contributed by atoms with Crippen LogP contribution in [-0.2, 0) is 9.59 Å². The monoisotopic (exact) mass is 399 g/mol. The highest BCUT2D eigenvalue weighted by Crippen LogP contribution is 2.12. The van der Waals surface area contributed by atoms with E-state index >= 15 is 0 Å². The number of nitrogens with zero attached hydrogens (tertiary/aromatic N) is 2. The molecule has 0 unspecified atom stereocenters. The normalized spacial score (nSPS) is 15.3. The molecule has 2 aromatic rings. The highest BCUT2D eigenvalue weighted by atomic mass is 32.2. The van der Waals surface area contributed by atoms with E-state index in [1.54, 1.807) is 41.8 Å². The largest absolute Gasteiger partial charge is 0.325 e. The maximum atomic E-state index is 12.1. The minimum atomic E-state index is -0.703. The van der Waals surface area contributed by atoms with Gasteiger partial charge in [0, 0.05) is 5.69 Å². The van der Waals surface area contributed by atoms with Gasteiger partial charge in [0.1, 0.15) is 0 Å². The van der Waals surface area contributed by atoms with Crippen molar-refractivity contribution in [1.29, 1.82) is 5.41 Å². The number of carbonyl (C=O) groups excluding carboxylic acids is 3. The zero-order valence-corrected chi connectivity index (χ0v) is 15.4. The quantitative estimate of drug-likeness (QED) is 0.729. The lowest BCUT2D eigenvalue weighted by Gasteiger charge is -2.14. The zero-order valence-electron chi connectivity index (χ0n) is 13.8. The van der Waals surface area contributed by atoms with Crippen LogP contribution in [0.15, 0.2) is 57.8 Å². The summed E-state index contributed by atoms with van der Waals surface area (Å²) in [6.07, 6.45) is 0. The van der Waals surface area contributed by atoms with Crippen LogP contribution in [0.5, 0.6) is 0 Å². The molecule has 1 aliphatic rings. The first-order valence-electron chi connectivity index (χ1n) is 7.66. The minimum Gasteiger partial charge on any atom is -0.325 e. The van der Waals surface area contributed by atoms with E-state index in [-0.39, 0.29) is 22.5 Å². The zero-order chi connectivity index (χ0) is 19.2. The number of nitrogens with one attached hydrogen (secondary N) is 3. The van der Waals surface area contributed by atoms with Crippen molar-refractivity contribution in [2.75, 3.05) is 11.1 Å². The van der Waals surface area contributed by atoms with Gasteiger partial charge in [0.25, 0.3) is 11.8 Å². The molecule has 0 spiro atoms. The molecule has 0 saturated carbocycles. The van der Waals surface area contributed by atoms with Crippen LogP contribution >= 0.6 is 23.1 Å². The lowest BCUT2D eigenvalue weighted by molar-refractivity contribution is -0.114. The van der Waals surface area contributed by atoms with E-state index in [1.165, 1.54) is 11.3 Å². The van der Waals surface area contributed by atoms with Gasteiger partial charge in [0.05, 0.1) is 10.6 Å². The number of anilines is 1. The summed E-state index contributed by atoms with van der Waals surface area (Å²) in [7, 11) is 0. The Bertz CT molecular complexity index is 952. The predicted molar refractivity (Wildman–Crippen MR) is 107 cm³/mol. The van der Waals surface area contributed by atoms with Gasteiger partial charge in [-0.3, -0.25) is 25.1 Å². The first kappa shape index (κ1) is 18.7. The summed E-state index contributed by atoms with van der Waals surface area (Å²) in [6.45, 7) is 0. The Labute approximate surface area is 162 Å². The van der Waals surface area contributed by atoms with Crippen molar-refractivity contribution in [3.05, 3.63) is 52.7 Å². The molecule has 0 atom stereocenters. The number of carbonyl (C=O) groups is 3. The van der Waals surface area contributed by atoms with Crippen LogP contribution in [0.4, 0.5) is 5.69 Å². The fraction of sp³-hybridized carbons (Fsp3) is 0.0588. The van der Waals surface area contributed by atoms with Crippen LogP contribution in [0.2, 0.25) is 0 Å². The molecule has 27 heavy (non-hydrogen) atoms. The van der Waals surface area contributed by atoms with E-state index in [4.69, 9.17) is 5.41 Å². The second-order valence-electron chi connectivity index (χ2n) is 5.17. The summed E-state index contributed by atoms with van der Waals surface area (Å²) in [5.41, 5.74) is 0.304. The summed E-state index contributed by atoms with van der Waals surface area (Å²) >= 11 is 2.17. The van der Waals surface area contributed by atoms with Crippen molar-refractivity contribution < 1.29 is 14.4 Å². The number of thioether (sulfide) groups is 1. The third kappa shape index (κ3) is 4.96. The molecule has 1 aromatic carbocycles. The topological polar surface area (TPSA) is 124 Å². The summed E-state index contributed by atoms with van der Waals surface area (Å²) < 4.78 is 0. The van der Waals surface area contributed by atoms with Crippen molar-refractivity contribution in [1.82, 2.24) is 5.32 Å². The molecule has 8 nitrogen and oxygen atoms in total. The molecule has 0 aliphatic carbocycles. The van der Waals surface area contributed by atoms with Crippen molar-refractivity contribution in [2.24, 2.45) is 9.98 Å². The molecule has 10 heteroatoms. The van der Waals surface area contributed by atoms with E-state index in [0.29, 0.717) is 10.6 Å². The predicted octanol–water partition coefficient (Wildman–Crippen LogP) is 2.16. The van der Waals surface area contributed by atoms with Gasteiger partial charge in [-0.05, 0) is 23.6 Å². The van der Waals surface area contributed by atoms with Gasteiger partial charge in [0.2, 0.25) is 5.91 Å². The number of amidine groups is 2. The number of rotatable bonds is 4. The molecule has 3 rings (SSSR count). The van der Waals surface area contributed by atoms with Crippen molar-refractivity contribution >= 4 is 63.2 Å². The van der Waals surface area contributed by atoms with E-state index in [2.05, 4.69) is 20.6 Å². The van der Waals surface area contributed by atoms with E-state index in [9.17, 15) is 14.4 Å². The summed E-state index contributed by atoms with van der Waals surface area (Å²) in [4.78, 5) is 44.0. The molecule has 1 aromatic heterocycles. The van der Waals surface area contributed by atoms with Gasteiger partial charge >= 0.3 is 0 Å². The Morgan fingerprint density at radius 1 is 1.22 bits per heavy atom. The number of aliphatic imine (C=N–C) groups is 2. The molecule has 3 N–H and O–H groups in total. The Kier molecular flexibility index (Phi) is 5.89. The maximum absolute atomic E-state index is 12.1. The Morgan fingerprint density at radius 2 is 2.00 bits per heavy atom. The van der Waals surface area contributed by atoms with Crippen molar-refractivity contribution in [3.63, 3.8) is 0 Å². The van der Waals surface area contributed by atoms with Gasteiger partial charge in [-0.1, -0.05) is 36.0 Å². The van der Waals surface area contributed by atoms with Crippen LogP contribution in [0, 0.1) is 5.41 Å². The molecule has 136 valence electrons. The van der Waals surface area contributed by atoms with Gasteiger partial charge in [0.15, 0.2) is 16.7 Å².